The maximum atomic E-state index is 7.94. The van der Waals surface area contributed by atoms with Crippen LogP contribution in [0.15, 0.2) is 18.2 Å². The van der Waals surface area contributed by atoms with Gasteiger partial charge in [0, 0.05) is 21.7 Å². The third-order valence-corrected chi connectivity index (χ3v) is 3.57. The van der Waals surface area contributed by atoms with Crippen molar-refractivity contribution >= 4 is 28.3 Å². The van der Waals surface area contributed by atoms with Crippen LogP contribution in [-0.4, -0.2) is 5.71 Å². The summed E-state index contributed by atoms with van der Waals surface area (Å²) >= 11 is 2.29. The Hall–Kier alpha value is -0.420. The van der Waals surface area contributed by atoms with Crippen LogP contribution >= 0.6 is 22.6 Å². The molecule has 0 aliphatic heterocycles. The van der Waals surface area contributed by atoms with Gasteiger partial charge in [0.25, 0.3) is 0 Å². The number of rotatable bonds is 3. The van der Waals surface area contributed by atoms with E-state index in [1.165, 1.54) is 16.4 Å². The van der Waals surface area contributed by atoms with Gasteiger partial charge in [0.1, 0.15) is 0 Å². The highest BCUT2D eigenvalue weighted by molar-refractivity contribution is 14.1. The van der Waals surface area contributed by atoms with E-state index in [1.807, 2.05) is 12.1 Å². The maximum absolute atomic E-state index is 7.94. The van der Waals surface area contributed by atoms with Gasteiger partial charge in [0.05, 0.1) is 0 Å². The molecule has 0 heterocycles. The van der Waals surface area contributed by atoms with Gasteiger partial charge in [-0.25, -0.2) is 0 Å². The van der Waals surface area contributed by atoms with Crippen LogP contribution in [0.5, 0.6) is 0 Å². The molecule has 2 nitrogen and oxygen atoms in total. The zero-order valence-electron chi connectivity index (χ0n) is 7.89. The smallest absolute Gasteiger partial charge is 0.0417 e. The lowest BCUT2D eigenvalue weighted by atomic mass is 10.0. The van der Waals surface area contributed by atoms with Crippen LogP contribution in [0, 0.1) is 14.9 Å². The second kappa shape index (κ2) is 3.98. The Morgan fingerprint density at radius 2 is 2.21 bits per heavy atom. The lowest BCUT2D eigenvalue weighted by Crippen LogP contribution is -2.04. The summed E-state index contributed by atoms with van der Waals surface area (Å²) in [5, 5.41) is 7.94. The van der Waals surface area contributed by atoms with Crippen LogP contribution in [-0.2, 0) is 6.54 Å². The first kappa shape index (κ1) is 10.1. The number of nitrogens with two attached hydrogens (primary N) is 1. The quantitative estimate of drug-likeness (QED) is 0.654. The Kier molecular flexibility index (Phi) is 2.88. The van der Waals surface area contributed by atoms with E-state index < -0.39 is 0 Å². The number of hydrogen-bond donors (Lipinski definition) is 2. The van der Waals surface area contributed by atoms with Gasteiger partial charge in [-0.2, -0.15) is 0 Å². The number of halogens is 1. The first-order chi connectivity index (χ1) is 6.72. The Morgan fingerprint density at radius 3 is 2.71 bits per heavy atom. The van der Waals surface area contributed by atoms with Crippen LogP contribution in [0.1, 0.15) is 24.0 Å². The van der Waals surface area contributed by atoms with Crippen molar-refractivity contribution in [2.45, 2.75) is 19.4 Å². The zero-order chi connectivity index (χ0) is 10.1. The number of hydrogen-bond acceptors (Lipinski definition) is 2. The van der Waals surface area contributed by atoms with Crippen molar-refractivity contribution in [3.8, 4) is 0 Å². The van der Waals surface area contributed by atoms with Gasteiger partial charge in [-0.1, -0.05) is 12.1 Å². The fourth-order valence-corrected chi connectivity index (χ4v) is 2.22. The average Bonchev–Trinajstić information content (AvgIpc) is 3.00. The van der Waals surface area contributed by atoms with E-state index in [0.29, 0.717) is 12.5 Å². The fraction of sp³-hybridized carbons (Fsp3) is 0.364. The summed E-state index contributed by atoms with van der Waals surface area (Å²) in [6, 6.07) is 6.13. The monoisotopic (exact) mass is 300 g/mol. The molecule has 2 rings (SSSR count). The van der Waals surface area contributed by atoms with Crippen LogP contribution in [0.25, 0.3) is 0 Å². The van der Waals surface area contributed by atoms with Crippen molar-refractivity contribution in [3.05, 3.63) is 32.9 Å². The molecule has 0 unspecified atom stereocenters. The van der Waals surface area contributed by atoms with E-state index in [0.717, 1.165) is 16.8 Å². The fourth-order valence-electron chi connectivity index (χ4n) is 1.49. The van der Waals surface area contributed by atoms with Crippen LogP contribution in [0.2, 0.25) is 0 Å². The lowest BCUT2D eigenvalue weighted by Gasteiger charge is -2.06. The summed E-state index contributed by atoms with van der Waals surface area (Å²) < 4.78 is 1.17. The average molecular weight is 300 g/mol. The van der Waals surface area contributed by atoms with Crippen molar-refractivity contribution in [2.24, 2.45) is 11.7 Å². The summed E-state index contributed by atoms with van der Waals surface area (Å²) in [5.41, 5.74) is 8.62. The van der Waals surface area contributed by atoms with Gasteiger partial charge in [-0.05, 0) is 52.6 Å². The van der Waals surface area contributed by atoms with E-state index >= 15 is 0 Å². The SMILES string of the molecule is N=C(c1ccc(CN)c(I)c1)C1CC1. The molecule has 3 heteroatoms. The Balaban J connectivity index is 2.27. The molecule has 0 spiro atoms. The molecular weight excluding hydrogens is 287 g/mol. The lowest BCUT2D eigenvalue weighted by molar-refractivity contribution is 1.06. The topological polar surface area (TPSA) is 49.9 Å². The highest BCUT2D eigenvalue weighted by Gasteiger charge is 2.27. The molecule has 1 aliphatic carbocycles. The second-order valence-electron chi connectivity index (χ2n) is 3.70. The molecule has 0 aromatic heterocycles. The van der Waals surface area contributed by atoms with Crippen LogP contribution in [0.4, 0.5) is 0 Å². The summed E-state index contributed by atoms with van der Waals surface area (Å²) in [7, 11) is 0. The predicted molar refractivity (Wildman–Crippen MR) is 66.6 cm³/mol. The highest BCUT2D eigenvalue weighted by atomic mass is 127. The van der Waals surface area contributed by atoms with Gasteiger partial charge < -0.3 is 11.1 Å². The van der Waals surface area contributed by atoms with Gasteiger partial charge in [-0.3, -0.25) is 0 Å². The molecule has 3 N–H and O–H groups in total. The van der Waals surface area contributed by atoms with Crippen molar-refractivity contribution < 1.29 is 0 Å². The first-order valence-electron chi connectivity index (χ1n) is 4.79. The van der Waals surface area contributed by atoms with Gasteiger partial charge in [-0.15, -0.1) is 0 Å². The largest absolute Gasteiger partial charge is 0.326 e. The minimum Gasteiger partial charge on any atom is -0.326 e. The first-order valence-corrected chi connectivity index (χ1v) is 5.87. The molecule has 1 saturated carbocycles. The standard InChI is InChI=1S/C11H13IN2/c12-10-5-8(3-4-9(10)6-13)11(14)7-1-2-7/h3-5,7,14H,1-2,6,13H2. The Labute approximate surface area is 97.5 Å². The number of benzene rings is 1. The van der Waals surface area contributed by atoms with Crippen molar-refractivity contribution in [1.82, 2.24) is 0 Å². The van der Waals surface area contributed by atoms with Crippen LogP contribution in [0.3, 0.4) is 0 Å². The number of nitrogens with one attached hydrogen (secondary N) is 1. The summed E-state index contributed by atoms with van der Waals surface area (Å²) in [6.45, 7) is 0.579. The molecule has 14 heavy (non-hydrogen) atoms. The van der Waals surface area contributed by atoms with E-state index in [4.69, 9.17) is 11.1 Å². The van der Waals surface area contributed by atoms with Crippen LogP contribution < -0.4 is 5.73 Å². The van der Waals surface area contributed by atoms with E-state index in [-0.39, 0.29) is 0 Å². The minimum absolute atomic E-state index is 0.523. The van der Waals surface area contributed by atoms with E-state index in [2.05, 4.69) is 28.7 Å². The molecule has 1 fully saturated rings. The highest BCUT2D eigenvalue weighted by Crippen LogP contribution is 2.33. The molecule has 1 aliphatic rings. The molecule has 1 aromatic carbocycles. The molecule has 0 radical (unpaired) electrons. The van der Waals surface area contributed by atoms with E-state index in [9.17, 15) is 0 Å². The Morgan fingerprint density at radius 1 is 1.50 bits per heavy atom. The molecule has 0 bridgehead atoms. The zero-order valence-corrected chi connectivity index (χ0v) is 10.0. The predicted octanol–water partition coefficient (Wildman–Crippen LogP) is 2.53. The van der Waals surface area contributed by atoms with Crippen molar-refractivity contribution in [2.75, 3.05) is 0 Å². The normalized spacial score (nSPS) is 15.6. The summed E-state index contributed by atoms with van der Waals surface area (Å²) in [6.07, 6.45) is 2.38. The van der Waals surface area contributed by atoms with E-state index in [1.54, 1.807) is 0 Å². The van der Waals surface area contributed by atoms with Crippen molar-refractivity contribution in [3.63, 3.8) is 0 Å². The van der Waals surface area contributed by atoms with Gasteiger partial charge >= 0.3 is 0 Å². The molecule has 1 aromatic rings. The summed E-state index contributed by atoms with van der Waals surface area (Å²) in [5.74, 6) is 0.523. The molecular formula is C11H13IN2. The molecule has 0 saturated heterocycles. The Bertz CT molecular complexity index is 370. The second-order valence-corrected chi connectivity index (χ2v) is 4.86. The molecule has 0 atom stereocenters. The molecule has 74 valence electrons. The third kappa shape index (κ3) is 1.98. The summed E-state index contributed by atoms with van der Waals surface area (Å²) in [4.78, 5) is 0. The van der Waals surface area contributed by atoms with Gasteiger partial charge in [0.2, 0.25) is 0 Å². The van der Waals surface area contributed by atoms with Crippen molar-refractivity contribution in [1.29, 1.82) is 5.41 Å². The minimum atomic E-state index is 0.523. The molecule has 0 amide bonds. The van der Waals surface area contributed by atoms with Gasteiger partial charge in [0.15, 0.2) is 0 Å². The maximum Gasteiger partial charge on any atom is 0.0417 e. The third-order valence-electron chi connectivity index (χ3n) is 2.57.